The first kappa shape index (κ1) is 18.9. The molecule has 0 aliphatic carbocycles. The molecule has 1 aromatic heterocycles. The molecule has 140 valence electrons. The molecule has 0 fully saturated rings. The van der Waals surface area contributed by atoms with Crippen LogP contribution in [0.3, 0.4) is 0 Å². The molecule has 1 heterocycles. The number of ether oxygens (including phenoxy) is 1. The first-order valence-corrected chi connectivity index (χ1v) is 8.91. The van der Waals surface area contributed by atoms with Gasteiger partial charge < -0.3 is 14.8 Å². The quantitative estimate of drug-likeness (QED) is 0.556. The fourth-order valence-electron chi connectivity index (χ4n) is 2.75. The average Bonchev–Trinajstić information content (AvgIpc) is 2.92. The Balaban J connectivity index is 1.75. The molecule has 0 unspecified atom stereocenters. The van der Waals surface area contributed by atoms with E-state index in [9.17, 15) is 9.90 Å². The number of amides is 1. The van der Waals surface area contributed by atoms with Gasteiger partial charge in [-0.1, -0.05) is 37.6 Å². The molecule has 0 atom stereocenters. The SMILES string of the molecule is Cc1ccc(C(C)C)c(OCC(=O)N=Nc2c(O)[nH]c3ccc(Cl)cc23)c1. The van der Waals surface area contributed by atoms with Crippen molar-refractivity contribution in [2.24, 2.45) is 10.2 Å². The van der Waals surface area contributed by atoms with E-state index in [4.69, 9.17) is 16.3 Å². The number of carbonyl (C=O) groups is 1. The Hall–Kier alpha value is -2.86. The minimum Gasteiger partial charge on any atom is -0.493 e. The first-order valence-electron chi connectivity index (χ1n) is 8.53. The molecular formula is C20H20ClN3O3. The summed E-state index contributed by atoms with van der Waals surface area (Å²) < 4.78 is 5.65. The smallest absolute Gasteiger partial charge is 0.302 e. The van der Waals surface area contributed by atoms with Crippen LogP contribution in [0.5, 0.6) is 11.6 Å². The Kier molecular flexibility index (Phi) is 5.46. The summed E-state index contributed by atoms with van der Waals surface area (Å²) in [5.74, 6) is 0.202. The summed E-state index contributed by atoms with van der Waals surface area (Å²) in [6.07, 6.45) is 0. The molecule has 2 aromatic carbocycles. The largest absolute Gasteiger partial charge is 0.493 e. The Morgan fingerprint density at radius 2 is 2.04 bits per heavy atom. The van der Waals surface area contributed by atoms with E-state index in [2.05, 4.69) is 29.1 Å². The lowest BCUT2D eigenvalue weighted by Crippen LogP contribution is -2.09. The molecule has 0 saturated carbocycles. The van der Waals surface area contributed by atoms with Crippen LogP contribution in [-0.2, 0) is 4.79 Å². The highest BCUT2D eigenvalue weighted by Crippen LogP contribution is 2.36. The number of H-pyrrole nitrogens is 1. The lowest BCUT2D eigenvalue weighted by atomic mass is 10.0. The lowest BCUT2D eigenvalue weighted by Gasteiger charge is -2.13. The number of fused-ring (bicyclic) bond motifs is 1. The fourth-order valence-corrected chi connectivity index (χ4v) is 2.93. The monoisotopic (exact) mass is 385 g/mol. The van der Waals surface area contributed by atoms with Gasteiger partial charge in [-0.2, -0.15) is 0 Å². The normalized spacial score (nSPS) is 11.6. The molecule has 3 aromatic rings. The minimum atomic E-state index is -0.554. The summed E-state index contributed by atoms with van der Waals surface area (Å²) in [4.78, 5) is 14.9. The highest BCUT2D eigenvalue weighted by atomic mass is 35.5. The van der Waals surface area contributed by atoms with Gasteiger partial charge >= 0.3 is 5.91 Å². The van der Waals surface area contributed by atoms with Crippen molar-refractivity contribution in [2.45, 2.75) is 26.7 Å². The Morgan fingerprint density at radius 1 is 1.26 bits per heavy atom. The second-order valence-electron chi connectivity index (χ2n) is 6.59. The van der Waals surface area contributed by atoms with E-state index in [1.54, 1.807) is 18.2 Å². The molecule has 2 N–H and O–H groups in total. The number of halogens is 1. The number of nitrogens with zero attached hydrogens (tertiary/aromatic N) is 2. The maximum atomic E-state index is 12.1. The number of hydrogen-bond acceptors (Lipinski definition) is 4. The van der Waals surface area contributed by atoms with E-state index in [0.717, 1.165) is 11.1 Å². The van der Waals surface area contributed by atoms with Crippen molar-refractivity contribution in [3.05, 3.63) is 52.5 Å². The van der Waals surface area contributed by atoms with Gasteiger partial charge in [0.1, 0.15) is 5.75 Å². The average molecular weight is 386 g/mol. The zero-order valence-corrected chi connectivity index (χ0v) is 16.0. The predicted octanol–water partition coefficient (Wildman–Crippen LogP) is 5.65. The molecule has 3 rings (SSSR count). The molecule has 0 bridgehead atoms. The molecule has 0 saturated heterocycles. The van der Waals surface area contributed by atoms with Crippen LogP contribution in [0.15, 0.2) is 46.6 Å². The number of azo groups is 1. The van der Waals surface area contributed by atoms with Gasteiger partial charge in [-0.25, -0.2) is 0 Å². The van der Waals surface area contributed by atoms with Crippen LogP contribution in [0, 0.1) is 6.92 Å². The third-order valence-electron chi connectivity index (χ3n) is 4.12. The third-order valence-corrected chi connectivity index (χ3v) is 4.35. The van der Waals surface area contributed by atoms with Crippen molar-refractivity contribution < 1.29 is 14.6 Å². The molecule has 0 aliphatic rings. The van der Waals surface area contributed by atoms with E-state index in [1.807, 2.05) is 25.1 Å². The van der Waals surface area contributed by atoms with Gasteiger partial charge in [-0.3, -0.25) is 4.79 Å². The second kappa shape index (κ2) is 7.80. The van der Waals surface area contributed by atoms with Gasteiger partial charge in [0, 0.05) is 10.4 Å². The van der Waals surface area contributed by atoms with E-state index >= 15 is 0 Å². The van der Waals surface area contributed by atoms with Gasteiger partial charge in [0.2, 0.25) is 5.88 Å². The third kappa shape index (κ3) is 4.28. The van der Waals surface area contributed by atoms with Crippen molar-refractivity contribution in [2.75, 3.05) is 6.61 Å². The summed E-state index contributed by atoms with van der Waals surface area (Å²) in [5, 5.41) is 18.6. The number of benzene rings is 2. The van der Waals surface area contributed by atoms with Gasteiger partial charge in [-0.05, 0) is 48.2 Å². The van der Waals surface area contributed by atoms with Gasteiger partial charge in [0.15, 0.2) is 12.3 Å². The molecular weight excluding hydrogens is 366 g/mol. The van der Waals surface area contributed by atoms with Crippen LogP contribution in [-0.4, -0.2) is 22.6 Å². The van der Waals surface area contributed by atoms with Gasteiger partial charge in [0.25, 0.3) is 0 Å². The second-order valence-corrected chi connectivity index (χ2v) is 7.03. The fraction of sp³-hybridized carbons (Fsp3) is 0.250. The molecule has 0 radical (unpaired) electrons. The van der Waals surface area contributed by atoms with Crippen molar-refractivity contribution in [1.82, 2.24) is 4.98 Å². The summed E-state index contributed by atoms with van der Waals surface area (Å²) in [5.41, 5.74) is 2.88. The summed E-state index contributed by atoms with van der Waals surface area (Å²) >= 11 is 5.98. The zero-order valence-electron chi connectivity index (χ0n) is 15.3. The lowest BCUT2D eigenvalue weighted by molar-refractivity contribution is -0.120. The number of aromatic hydroxyl groups is 1. The van der Waals surface area contributed by atoms with Crippen LogP contribution in [0.25, 0.3) is 10.9 Å². The number of rotatable bonds is 5. The summed E-state index contributed by atoms with van der Waals surface area (Å²) in [7, 11) is 0. The van der Waals surface area contributed by atoms with Gasteiger partial charge in [-0.15, -0.1) is 10.2 Å². The van der Waals surface area contributed by atoms with E-state index in [-0.39, 0.29) is 24.1 Å². The number of aryl methyl sites for hydroxylation is 1. The van der Waals surface area contributed by atoms with Crippen LogP contribution < -0.4 is 4.74 Å². The van der Waals surface area contributed by atoms with Crippen LogP contribution in [0.4, 0.5) is 5.69 Å². The molecule has 0 aliphatic heterocycles. The topological polar surface area (TPSA) is 87.0 Å². The zero-order chi connectivity index (χ0) is 19.6. The highest BCUT2D eigenvalue weighted by molar-refractivity contribution is 6.31. The predicted molar refractivity (Wildman–Crippen MR) is 105 cm³/mol. The molecule has 27 heavy (non-hydrogen) atoms. The Labute approximate surface area is 161 Å². The number of carbonyl (C=O) groups excluding carboxylic acids is 1. The van der Waals surface area contributed by atoms with Gasteiger partial charge in [0.05, 0.1) is 5.52 Å². The Morgan fingerprint density at radius 3 is 2.78 bits per heavy atom. The maximum Gasteiger partial charge on any atom is 0.302 e. The van der Waals surface area contributed by atoms with Crippen molar-refractivity contribution in [3.8, 4) is 11.6 Å². The van der Waals surface area contributed by atoms with Crippen LogP contribution >= 0.6 is 11.6 Å². The van der Waals surface area contributed by atoms with Crippen molar-refractivity contribution in [3.63, 3.8) is 0 Å². The van der Waals surface area contributed by atoms with Crippen LogP contribution in [0.2, 0.25) is 5.02 Å². The Bertz CT molecular complexity index is 1020. The number of nitrogens with one attached hydrogen (secondary N) is 1. The van der Waals surface area contributed by atoms with E-state index in [1.165, 1.54) is 0 Å². The first-order chi connectivity index (χ1) is 12.8. The van der Waals surface area contributed by atoms with E-state index < -0.39 is 5.91 Å². The molecule has 1 amide bonds. The summed E-state index contributed by atoms with van der Waals surface area (Å²) in [6, 6.07) is 10.9. The molecule has 7 heteroatoms. The maximum absolute atomic E-state index is 12.1. The number of hydrogen-bond donors (Lipinski definition) is 2. The highest BCUT2D eigenvalue weighted by Gasteiger charge is 2.13. The standard InChI is InChI=1S/C20H20ClN3O3/c1-11(2)14-6-4-12(3)8-17(14)27-10-18(25)23-24-19-15-9-13(21)5-7-16(15)22-20(19)26/h4-9,11,22,26H,10H2,1-3H3. The van der Waals surface area contributed by atoms with Crippen molar-refractivity contribution in [1.29, 1.82) is 0 Å². The summed E-state index contributed by atoms with van der Waals surface area (Å²) in [6.45, 7) is 5.84. The number of aromatic amines is 1. The number of aromatic nitrogens is 1. The van der Waals surface area contributed by atoms with E-state index in [0.29, 0.717) is 21.7 Å². The molecule has 6 nitrogen and oxygen atoms in total. The van der Waals surface area contributed by atoms with Crippen molar-refractivity contribution >= 4 is 34.1 Å². The molecule has 0 spiro atoms. The minimum absolute atomic E-state index is 0.166. The van der Waals surface area contributed by atoms with Crippen LogP contribution in [0.1, 0.15) is 30.9 Å².